The van der Waals surface area contributed by atoms with Crippen LogP contribution in [0.4, 0.5) is 0 Å². The van der Waals surface area contributed by atoms with Gasteiger partial charge in [-0.1, -0.05) is 45.5 Å². The number of carbonyl (C=O) groups excluding carboxylic acids is 1. The molecule has 2 rings (SSSR count). The van der Waals surface area contributed by atoms with Crippen LogP contribution in [0.2, 0.25) is 0 Å². The minimum Gasteiger partial charge on any atom is -0.338 e. The number of nitrogens with zero attached hydrogens (tertiary/aromatic N) is 3. The zero-order chi connectivity index (χ0) is 17.7. The van der Waals surface area contributed by atoms with Crippen LogP contribution in [0.15, 0.2) is 41.8 Å². The molecule has 130 valence electrons. The Bertz CT molecular complexity index is 669. The molecule has 2 aromatic rings. The second kappa shape index (κ2) is 8.38. The molecule has 24 heavy (non-hydrogen) atoms. The molecule has 0 aliphatic rings. The molecule has 0 bridgehead atoms. The second-order valence-corrected chi connectivity index (χ2v) is 7.61. The van der Waals surface area contributed by atoms with Crippen LogP contribution in [0.1, 0.15) is 38.1 Å². The first-order chi connectivity index (χ1) is 11.4. The number of hydrogen-bond acceptors (Lipinski definition) is 3. The summed E-state index contributed by atoms with van der Waals surface area (Å²) >= 11 is 1.59. The minimum atomic E-state index is 0.102. The van der Waals surface area contributed by atoms with E-state index in [1.54, 1.807) is 18.0 Å². The molecule has 1 amide bonds. The Kier molecular flexibility index (Phi) is 6.49. The highest BCUT2D eigenvalue weighted by Crippen LogP contribution is 2.20. The summed E-state index contributed by atoms with van der Waals surface area (Å²) in [5.41, 5.74) is 1.70. The van der Waals surface area contributed by atoms with Crippen LogP contribution in [0.25, 0.3) is 5.69 Å². The van der Waals surface area contributed by atoms with Crippen molar-refractivity contribution < 1.29 is 4.79 Å². The van der Waals surface area contributed by atoms with Gasteiger partial charge in [0.2, 0.25) is 0 Å². The number of imidazole rings is 1. The van der Waals surface area contributed by atoms with Gasteiger partial charge in [-0.25, -0.2) is 4.98 Å². The summed E-state index contributed by atoms with van der Waals surface area (Å²) in [7, 11) is 0. The van der Waals surface area contributed by atoms with E-state index in [1.807, 2.05) is 46.2 Å². The summed E-state index contributed by atoms with van der Waals surface area (Å²) in [5, 5.41) is 0.917. The first kappa shape index (κ1) is 18.6. The van der Waals surface area contributed by atoms with Crippen LogP contribution in [-0.4, -0.2) is 39.7 Å². The van der Waals surface area contributed by atoms with E-state index in [9.17, 15) is 4.79 Å². The summed E-state index contributed by atoms with van der Waals surface area (Å²) in [5.74, 6) is 1.00. The fraction of sp³-hybridized carbons (Fsp3) is 0.474. The third-order valence-electron chi connectivity index (χ3n) is 3.62. The van der Waals surface area contributed by atoms with Crippen LogP contribution >= 0.6 is 11.8 Å². The lowest BCUT2D eigenvalue weighted by atomic mass is 10.1. The Morgan fingerprint density at radius 1 is 1.21 bits per heavy atom. The first-order valence-electron chi connectivity index (χ1n) is 8.39. The third kappa shape index (κ3) is 4.63. The SMILES string of the molecule is CSc1nccn1-c1cccc(C(=O)N(CC(C)C)CC(C)C)c1. The van der Waals surface area contributed by atoms with Gasteiger partial charge in [-0.05, 0) is 36.3 Å². The van der Waals surface area contributed by atoms with Gasteiger partial charge in [0.25, 0.3) is 5.91 Å². The maximum Gasteiger partial charge on any atom is 0.253 e. The van der Waals surface area contributed by atoms with Gasteiger partial charge >= 0.3 is 0 Å². The van der Waals surface area contributed by atoms with Crippen molar-refractivity contribution in [1.82, 2.24) is 14.5 Å². The van der Waals surface area contributed by atoms with E-state index in [0.29, 0.717) is 11.8 Å². The molecule has 0 unspecified atom stereocenters. The number of benzene rings is 1. The average molecular weight is 346 g/mol. The Morgan fingerprint density at radius 2 is 1.88 bits per heavy atom. The number of thioether (sulfide) groups is 1. The molecule has 0 aliphatic heterocycles. The molecule has 1 aromatic heterocycles. The average Bonchev–Trinajstić information content (AvgIpc) is 3.01. The molecule has 0 radical (unpaired) electrons. The smallest absolute Gasteiger partial charge is 0.253 e. The van der Waals surface area contributed by atoms with Crippen molar-refractivity contribution in [2.24, 2.45) is 11.8 Å². The molecule has 1 heterocycles. The number of rotatable bonds is 7. The molecule has 0 spiro atoms. The predicted octanol–water partition coefficient (Wildman–Crippen LogP) is 4.35. The molecule has 5 heteroatoms. The van der Waals surface area contributed by atoms with Gasteiger partial charge in [-0.2, -0.15) is 0 Å². The Morgan fingerprint density at radius 3 is 2.46 bits per heavy atom. The highest BCUT2D eigenvalue weighted by molar-refractivity contribution is 7.98. The van der Waals surface area contributed by atoms with Gasteiger partial charge in [0.05, 0.1) is 0 Å². The molecule has 0 saturated heterocycles. The lowest BCUT2D eigenvalue weighted by Gasteiger charge is -2.26. The summed E-state index contributed by atoms with van der Waals surface area (Å²) < 4.78 is 2.01. The lowest BCUT2D eigenvalue weighted by Crippen LogP contribution is -2.37. The molecule has 0 N–H and O–H groups in total. The standard InChI is InChI=1S/C19H27N3OS/c1-14(2)12-21(13-15(3)4)18(23)16-7-6-8-17(11-16)22-10-9-20-19(22)24-5/h6-11,14-15H,12-13H2,1-5H3. The molecular weight excluding hydrogens is 318 g/mol. The Labute approximate surface area is 149 Å². The molecule has 0 saturated carbocycles. The monoisotopic (exact) mass is 345 g/mol. The number of hydrogen-bond donors (Lipinski definition) is 0. The number of aromatic nitrogens is 2. The zero-order valence-electron chi connectivity index (χ0n) is 15.2. The minimum absolute atomic E-state index is 0.102. The van der Waals surface area contributed by atoms with Crippen molar-refractivity contribution >= 4 is 17.7 Å². The lowest BCUT2D eigenvalue weighted by molar-refractivity contribution is 0.0715. The summed E-state index contributed by atoms with van der Waals surface area (Å²) in [6.07, 6.45) is 5.71. The predicted molar refractivity (Wildman–Crippen MR) is 101 cm³/mol. The van der Waals surface area contributed by atoms with Crippen molar-refractivity contribution in [3.05, 3.63) is 42.2 Å². The molecule has 0 aliphatic carbocycles. The van der Waals surface area contributed by atoms with Gasteiger partial charge in [0.1, 0.15) is 0 Å². The van der Waals surface area contributed by atoms with Gasteiger partial charge in [-0.15, -0.1) is 0 Å². The van der Waals surface area contributed by atoms with Gasteiger partial charge in [0.15, 0.2) is 5.16 Å². The van der Waals surface area contributed by atoms with E-state index in [2.05, 4.69) is 32.7 Å². The van der Waals surface area contributed by atoms with Crippen molar-refractivity contribution in [3.8, 4) is 5.69 Å². The molecule has 1 aromatic carbocycles. The quantitative estimate of drug-likeness (QED) is 0.700. The van der Waals surface area contributed by atoms with Crippen LogP contribution in [0.5, 0.6) is 0 Å². The van der Waals surface area contributed by atoms with E-state index in [-0.39, 0.29) is 5.91 Å². The third-order valence-corrected chi connectivity index (χ3v) is 4.29. The fourth-order valence-corrected chi connectivity index (χ4v) is 3.26. The van der Waals surface area contributed by atoms with E-state index in [0.717, 1.165) is 29.5 Å². The van der Waals surface area contributed by atoms with Crippen LogP contribution in [0, 0.1) is 11.8 Å². The second-order valence-electron chi connectivity index (χ2n) is 6.83. The van der Waals surface area contributed by atoms with Crippen molar-refractivity contribution in [1.29, 1.82) is 0 Å². The van der Waals surface area contributed by atoms with Gasteiger partial charge < -0.3 is 4.90 Å². The number of amides is 1. The Balaban J connectivity index is 2.30. The first-order valence-corrected chi connectivity index (χ1v) is 9.62. The topological polar surface area (TPSA) is 38.1 Å². The molecule has 0 fully saturated rings. The highest BCUT2D eigenvalue weighted by Gasteiger charge is 2.18. The maximum absolute atomic E-state index is 13.0. The van der Waals surface area contributed by atoms with E-state index in [4.69, 9.17) is 0 Å². The van der Waals surface area contributed by atoms with Crippen molar-refractivity contribution in [3.63, 3.8) is 0 Å². The zero-order valence-corrected chi connectivity index (χ0v) is 16.0. The molecular formula is C19H27N3OS. The fourth-order valence-electron chi connectivity index (χ4n) is 2.73. The summed E-state index contributed by atoms with van der Waals surface area (Å²) in [6.45, 7) is 10.1. The molecule has 0 atom stereocenters. The highest BCUT2D eigenvalue weighted by atomic mass is 32.2. The normalized spacial score (nSPS) is 11.3. The maximum atomic E-state index is 13.0. The van der Waals surface area contributed by atoms with Crippen LogP contribution < -0.4 is 0 Å². The van der Waals surface area contributed by atoms with Gasteiger partial charge in [-0.3, -0.25) is 9.36 Å². The van der Waals surface area contributed by atoms with E-state index < -0.39 is 0 Å². The summed E-state index contributed by atoms with van der Waals surface area (Å²) in [4.78, 5) is 19.3. The molecule has 4 nitrogen and oxygen atoms in total. The van der Waals surface area contributed by atoms with E-state index >= 15 is 0 Å². The Hall–Kier alpha value is -1.75. The largest absolute Gasteiger partial charge is 0.338 e. The number of carbonyl (C=O) groups is 1. The van der Waals surface area contributed by atoms with Crippen LogP contribution in [-0.2, 0) is 0 Å². The summed E-state index contributed by atoms with van der Waals surface area (Å²) in [6, 6.07) is 7.80. The van der Waals surface area contributed by atoms with Crippen molar-refractivity contribution in [2.75, 3.05) is 19.3 Å². The van der Waals surface area contributed by atoms with Crippen molar-refractivity contribution in [2.45, 2.75) is 32.9 Å². The van der Waals surface area contributed by atoms with Gasteiger partial charge in [0, 0.05) is 36.7 Å². The van der Waals surface area contributed by atoms with E-state index in [1.165, 1.54) is 0 Å². The van der Waals surface area contributed by atoms with Crippen LogP contribution in [0.3, 0.4) is 0 Å².